The van der Waals surface area contributed by atoms with E-state index in [1.807, 2.05) is 11.8 Å². The van der Waals surface area contributed by atoms with Crippen molar-refractivity contribution in [1.29, 1.82) is 0 Å². The number of piperidine rings is 1. The summed E-state index contributed by atoms with van der Waals surface area (Å²) in [5.74, 6) is 0. The molecule has 18 heavy (non-hydrogen) atoms. The Balaban J connectivity index is 0.00000162. The third-order valence-corrected chi connectivity index (χ3v) is 4.33. The Hall–Kier alpha value is -0.480. The molecule has 4 nitrogen and oxygen atoms in total. The van der Waals surface area contributed by atoms with E-state index in [4.69, 9.17) is 10.5 Å². The average molecular weight is 277 g/mol. The number of nitrogens with two attached hydrogens (primary N) is 1. The number of carbonyl (C=O) groups is 1. The minimum Gasteiger partial charge on any atom is -0.450 e. The number of carbonyl (C=O) groups excluding carboxylic acids is 1. The van der Waals surface area contributed by atoms with Crippen LogP contribution in [-0.4, -0.2) is 35.7 Å². The highest BCUT2D eigenvalue weighted by Crippen LogP contribution is 2.40. The van der Waals surface area contributed by atoms with E-state index in [0.717, 1.165) is 32.2 Å². The van der Waals surface area contributed by atoms with Gasteiger partial charge in [0.05, 0.1) is 12.1 Å². The van der Waals surface area contributed by atoms with Gasteiger partial charge in [-0.25, -0.2) is 4.79 Å². The normalized spacial score (nSPS) is 26.6. The molecular formula is C13H25ClN2O2. The molecule has 1 aliphatic heterocycles. The molecule has 2 rings (SSSR count). The summed E-state index contributed by atoms with van der Waals surface area (Å²) in [5.41, 5.74) is 6.21. The fourth-order valence-corrected chi connectivity index (χ4v) is 3.44. The van der Waals surface area contributed by atoms with Gasteiger partial charge >= 0.3 is 6.09 Å². The largest absolute Gasteiger partial charge is 0.450 e. The van der Waals surface area contributed by atoms with Crippen LogP contribution in [0.2, 0.25) is 0 Å². The smallest absolute Gasteiger partial charge is 0.410 e. The van der Waals surface area contributed by atoms with E-state index in [2.05, 4.69) is 0 Å². The van der Waals surface area contributed by atoms with Crippen molar-refractivity contribution in [2.75, 3.05) is 13.2 Å². The first kappa shape index (κ1) is 15.6. The predicted octanol–water partition coefficient (Wildman–Crippen LogP) is 2.69. The molecule has 5 heteroatoms. The van der Waals surface area contributed by atoms with Crippen LogP contribution < -0.4 is 5.73 Å². The van der Waals surface area contributed by atoms with Crippen LogP contribution in [0.1, 0.15) is 51.9 Å². The Morgan fingerprint density at radius 1 is 1.33 bits per heavy atom. The summed E-state index contributed by atoms with van der Waals surface area (Å²) in [6.45, 7) is 3.11. The zero-order valence-electron chi connectivity index (χ0n) is 11.2. The van der Waals surface area contributed by atoms with Crippen LogP contribution >= 0.6 is 12.4 Å². The van der Waals surface area contributed by atoms with Gasteiger partial charge in [0.25, 0.3) is 0 Å². The lowest BCUT2D eigenvalue weighted by Gasteiger charge is -2.52. The van der Waals surface area contributed by atoms with E-state index in [1.54, 1.807) is 0 Å². The van der Waals surface area contributed by atoms with Gasteiger partial charge in [-0.05, 0) is 32.6 Å². The number of hydrogen-bond donors (Lipinski definition) is 1. The summed E-state index contributed by atoms with van der Waals surface area (Å²) in [6, 6.07) is 0.126. The molecule has 1 saturated heterocycles. The minimum atomic E-state index is -0.162. The molecule has 2 fully saturated rings. The van der Waals surface area contributed by atoms with Gasteiger partial charge < -0.3 is 15.4 Å². The number of amides is 1. The van der Waals surface area contributed by atoms with E-state index in [9.17, 15) is 4.79 Å². The van der Waals surface area contributed by atoms with E-state index in [0.29, 0.717) is 6.61 Å². The third-order valence-electron chi connectivity index (χ3n) is 4.33. The van der Waals surface area contributed by atoms with Crippen molar-refractivity contribution in [3.63, 3.8) is 0 Å². The SMILES string of the molecule is CCOC(=O)N1CCCC(N)C12CCCCC2.Cl. The number of nitrogens with zero attached hydrogens (tertiary/aromatic N) is 1. The number of likely N-dealkylation sites (tertiary alicyclic amines) is 1. The van der Waals surface area contributed by atoms with Gasteiger partial charge in [-0.3, -0.25) is 0 Å². The first-order valence-electron chi connectivity index (χ1n) is 6.90. The fraction of sp³-hybridized carbons (Fsp3) is 0.923. The van der Waals surface area contributed by atoms with Gasteiger partial charge in [0.15, 0.2) is 0 Å². The summed E-state index contributed by atoms with van der Waals surface area (Å²) in [7, 11) is 0. The van der Waals surface area contributed by atoms with Crippen LogP contribution in [-0.2, 0) is 4.74 Å². The molecule has 1 unspecified atom stereocenters. The maximum atomic E-state index is 12.1. The van der Waals surface area contributed by atoms with Crippen molar-refractivity contribution in [2.24, 2.45) is 5.73 Å². The van der Waals surface area contributed by atoms with Crippen LogP contribution in [0.4, 0.5) is 4.79 Å². The Kier molecular flexibility index (Phi) is 5.73. The molecule has 0 aromatic rings. The zero-order valence-corrected chi connectivity index (χ0v) is 12.0. The van der Waals surface area contributed by atoms with Crippen LogP contribution in [0.5, 0.6) is 0 Å². The Bertz CT molecular complexity index is 280. The molecule has 1 heterocycles. The molecule has 1 atom stereocenters. The molecular weight excluding hydrogens is 252 g/mol. The monoisotopic (exact) mass is 276 g/mol. The number of halogens is 1. The second kappa shape index (κ2) is 6.62. The van der Waals surface area contributed by atoms with Crippen LogP contribution in [0, 0.1) is 0 Å². The van der Waals surface area contributed by atoms with E-state index < -0.39 is 0 Å². The Labute approximate surface area is 116 Å². The van der Waals surface area contributed by atoms with E-state index in [-0.39, 0.29) is 30.1 Å². The van der Waals surface area contributed by atoms with Gasteiger partial charge in [-0.15, -0.1) is 12.4 Å². The quantitative estimate of drug-likeness (QED) is 0.801. The summed E-state index contributed by atoms with van der Waals surface area (Å²) < 4.78 is 5.19. The number of rotatable bonds is 1. The van der Waals surface area contributed by atoms with Crippen molar-refractivity contribution in [3.8, 4) is 0 Å². The lowest BCUT2D eigenvalue weighted by Crippen LogP contribution is -2.65. The van der Waals surface area contributed by atoms with Gasteiger partial charge in [0.1, 0.15) is 0 Å². The van der Waals surface area contributed by atoms with Crippen LogP contribution in [0.15, 0.2) is 0 Å². The topological polar surface area (TPSA) is 55.6 Å². The number of hydrogen-bond acceptors (Lipinski definition) is 3. The molecule has 1 saturated carbocycles. The van der Waals surface area contributed by atoms with Crippen molar-refractivity contribution in [2.45, 2.75) is 63.5 Å². The first-order chi connectivity index (χ1) is 8.20. The molecule has 1 spiro atoms. The van der Waals surface area contributed by atoms with Crippen molar-refractivity contribution in [3.05, 3.63) is 0 Å². The van der Waals surface area contributed by atoms with Crippen molar-refractivity contribution in [1.82, 2.24) is 4.90 Å². The standard InChI is InChI=1S/C13H24N2O2.ClH/c1-2-17-12(16)15-10-6-7-11(14)13(15)8-4-3-5-9-13;/h11H,2-10,14H2,1H3;1H. The molecule has 2 N–H and O–H groups in total. The predicted molar refractivity (Wildman–Crippen MR) is 74.0 cm³/mol. The fourth-order valence-electron chi connectivity index (χ4n) is 3.44. The molecule has 106 valence electrons. The maximum Gasteiger partial charge on any atom is 0.410 e. The number of ether oxygens (including phenoxy) is 1. The van der Waals surface area contributed by atoms with Gasteiger partial charge in [-0.2, -0.15) is 0 Å². The third kappa shape index (κ3) is 2.75. The molecule has 0 bridgehead atoms. The Morgan fingerprint density at radius 2 is 2.00 bits per heavy atom. The Morgan fingerprint density at radius 3 is 2.61 bits per heavy atom. The summed E-state index contributed by atoms with van der Waals surface area (Å²) in [4.78, 5) is 14.0. The minimum absolute atomic E-state index is 0. The lowest BCUT2D eigenvalue weighted by molar-refractivity contribution is -0.00373. The highest BCUT2D eigenvalue weighted by atomic mass is 35.5. The average Bonchev–Trinajstić information content (AvgIpc) is 2.34. The molecule has 1 aliphatic carbocycles. The lowest BCUT2D eigenvalue weighted by atomic mass is 9.72. The molecule has 2 aliphatic rings. The van der Waals surface area contributed by atoms with E-state index >= 15 is 0 Å². The van der Waals surface area contributed by atoms with E-state index in [1.165, 1.54) is 19.3 Å². The van der Waals surface area contributed by atoms with Gasteiger partial charge in [0.2, 0.25) is 0 Å². The summed E-state index contributed by atoms with van der Waals surface area (Å²) in [5, 5.41) is 0. The van der Waals surface area contributed by atoms with Crippen molar-refractivity contribution < 1.29 is 9.53 Å². The van der Waals surface area contributed by atoms with Gasteiger partial charge in [0, 0.05) is 12.6 Å². The van der Waals surface area contributed by atoms with Crippen LogP contribution in [0.3, 0.4) is 0 Å². The highest BCUT2D eigenvalue weighted by Gasteiger charge is 2.47. The summed E-state index contributed by atoms with van der Waals surface area (Å²) in [6.07, 6.45) is 7.61. The van der Waals surface area contributed by atoms with Gasteiger partial charge in [-0.1, -0.05) is 19.3 Å². The molecule has 0 aromatic heterocycles. The first-order valence-corrected chi connectivity index (χ1v) is 6.90. The highest BCUT2D eigenvalue weighted by molar-refractivity contribution is 5.85. The molecule has 0 aromatic carbocycles. The second-order valence-electron chi connectivity index (χ2n) is 5.26. The van der Waals surface area contributed by atoms with Crippen molar-refractivity contribution >= 4 is 18.5 Å². The maximum absolute atomic E-state index is 12.1. The van der Waals surface area contributed by atoms with Crippen LogP contribution in [0.25, 0.3) is 0 Å². The molecule has 0 radical (unpaired) electrons. The second-order valence-corrected chi connectivity index (χ2v) is 5.26. The zero-order chi connectivity index (χ0) is 12.3. The summed E-state index contributed by atoms with van der Waals surface area (Å²) >= 11 is 0. The molecule has 1 amide bonds.